The minimum absolute atomic E-state index is 0.0279. The first-order valence-electron chi connectivity index (χ1n) is 7.24. The van der Waals surface area contributed by atoms with Crippen molar-refractivity contribution < 1.29 is 9.13 Å². The number of ether oxygens (including phenoxy) is 1. The lowest BCUT2D eigenvalue weighted by Gasteiger charge is -2.24. The van der Waals surface area contributed by atoms with Gasteiger partial charge in [0.25, 0.3) is 0 Å². The molecule has 0 radical (unpaired) electrons. The normalized spacial score (nSPS) is 18.1. The number of nitrogens with one attached hydrogen (secondary N) is 1. The van der Waals surface area contributed by atoms with Crippen LogP contribution in [-0.4, -0.2) is 13.2 Å². The van der Waals surface area contributed by atoms with Crippen molar-refractivity contribution in [2.75, 3.05) is 7.11 Å². The van der Waals surface area contributed by atoms with Crippen LogP contribution in [0.4, 0.5) is 4.39 Å². The Morgan fingerprint density at radius 2 is 2.16 bits per heavy atom. The van der Waals surface area contributed by atoms with Crippen LogP contribution < -0.4 is 10.1 Å². The maximum atomic E-state index is 14.0. The average molecular weight is 265 g/mol. The lowest BCUT2D eigenvalue weighted by molar-refractivity contribution is 0.368. The molecule has 19 heavy (non-hydrogen) atoms. The van der Waals surface area contributed by atoms with Crippen LogP contribution in [0.1, 0.15) is 51.1 Å². The molecule has 2 nitrogen and oxygen atoms in total. The number of hydrogen-bond donors (Lipinski definition) is 1. The molecule has 3 heteroatoms. The summed E-state index contributed by atoms with van der Waals surface area (Å²) in [6.07, 6.45) is 5.00. The van der Waals surface area contributed by atoms with Gasteiger partial charge < -0.3 is 10.1 Å². The van der Waals surface area contributed by atoms with Gasteiger partial charge in [-0.2, -0.15) is 0 Å². The van der Waals surface area contributed by atoms with Gasteiger partial charge in [0.15, 0.2) is 0 Å². The van der Waals surface area contributed by atoms with Gasteiger partial charge in [-0.25, -0.2) is 4.39 Å². The summed E-state index contributed by atoms with van der Waals surface area (Å²) in [4.78, 5) is 0. The summed E-state index contributed by atoms with van der Waals surface area (Å²) in [6.45, 7) is 4.20. The standard InChI is InChI=1S/C16H24FNO/c1-4-13(10-12-8-9-12)18-11(2)16-14(17)6-5-7-15(16)19-3/h5-7,11-13,18H,4,8-10H2,1-3H3. The largest absolute Gasteiger partial charge is 0.496 e. The highest BCUT2D eigenvalue weighted by atomic mass is 19.1. The lowest BCUT2D eigenvalue weighted by Crippen LogP contribution is -2.32. The fraction of sp³-hybridized carbons (Fsp3) is 0.625. The number of hydrogen-bond acceptors (Lipinski definition) is 2. The predicted molar refractivity (Wildman–Crippen MR) is 75.9 cm³/mol. The average Bonchev–Trinajstić information content (AvgIpc) is 3.21. The van der Waals surface area contributed by atoms with Crippen LogP contribution >= 0.6 is 0 Å². The van der Waals surface area contributed by atoms with E-state index in [9.17, 15) is 4.39 Å². The Kier molecular flexibility index (Phi) is 4.81. The summed E-state index contributed by atoms with van der Waals surface area (Å²) in [6, 6.07) is 5.44. The first-order chi connectivity index (χ1) is 9.15. The molecule has 0 amide bonds. The van der Waals surface area contributed by atoms with E-state index >= 15 is 0 Å². The second-order valence-electron chi connectivity index (χ2n) is 5.53. The molecule has 1 aromatic rings. The Morgan fingerprint density at radius 1 is 1.42 bits per heavy atom. The van der Waals surface area contributed by atoms with Crippen molar-refractivity contribution in [3.05, 3.63) is 29.6 Å². The highest BCUT2D eigenvalue weighted by molar-refractivity contribution is 5.36. The molecule has 1 saturated carbocycles. The number of halogens is 1. The van der Waals surface area contributed by atoms with Crippen LogP contribution in [0.2, 0.25) is 0 Å². The van der Waals surface area contributed by atoms with Crippen LogP contribution in [0.25, 0.3) is 0 Å². The predicted octanol–water partition coefficient (Wildman–Crippen LogP) is 4.06. The van der Waals surface area contributed by atoms with Crippen molar-refractivity contribution in [1.82, 2.24) is 5.32 Å². The van der Waals surface area contributed by atoms with Crippen molar-refractivity contribution in [3.8, 4) is 5.75 Å². The summed E-state index contributed by atoms with van der Waals surface area (Å²) in [5.74, 6) is 1.31. The summed E-state index contributed by atoms with van der Waals surface area (Å²) in [5.41, 5.74) is 0.638. The van der Waals surface area contributed by atoms with Crippen molar-refractivity contribution in [3.63, 3.8) is 0 Å². The van der Waals surface area contributed by atoms with Gasteiger partial charge in [-0.05, 0) is 37.8 Å². The van der Waals surface area contributed by atoms with Crippen LogP contribution in [0.3, 0.4) is 0 Å². The molecule has 106 valence electrons. The lowest BCUT2D eigenvalue weighted by atomic mass is 10.0. The highest BCUT2D eigenvalue weighted by Gasteiger charge is 2.26. The van der Waals surface area contributed by atoms with E-state index in [1.165, 1.54) is 25.3 Å². The molecule has 0 bridgehead atoms. The molecular formula is C16H24FNO. The Hall–Kier alpha value is -1.09. The van der Waals surface area contributed by atoms with Crippen molar-refractivity contribution >= 4 is 0 Å². The van der Waals surface area contributed by atoms with Gasteiger partial charge in [0.05, 0.1) is 7.11 Å². The van der Waals surface area contributed by atoms with Crippen LogP contribution in [0.15, 0.2) is 18.2 Å². The molecular weight excluding hydrogens is 241 g/mol. The Morgan fingerprint density at radius 3 is 2.74 bits per heavy atom. The molecule has 1 fully saturated rings. The molecule has 2 rings (SSSR count). The summed E-state index contributed by atoms with van der Waals surface area (Å²) >= 11 is 0. The summed E-state index contributed by atoms with van der Waals surface area (Å²) in [5, 5.41) is 3.55. The van der Waals surface area contributed by atoms with E-state index in [-0.39, 0.29) is 11.9 Å². The first-order valence-corrected chi connectivity index (χ1v) is 7.24. The van der Waals surface area contributed by atoms with Gasteiger partial charge in [0.2, 0.25) is 0 Å². The van der Waals surface area contributed by atoms with Crippen LogP contribution in [0, 0.1) is 11.7 Å². The Bertz CT molecular complexity index is 417. The molecule has 1 aliphatic rings. The molecule has 0 aromatic heterocycles. The highest BCUT2D eigenvalue weighted by Crippen LogP contribution is 2.35. The number of benzene rings is 1. The molecule has 2 atom stereocenters. The third kappa shape index (κ3) is 3.69. The van der Waals surface area contributed by atoms with E-state index in [1.807, 2.05) is 13.0 Å². The molecule has 1 aliphatic carbocycles. The van der Waals surface area contributed by atoms with Gasteiger partial charge in [-0.15, -0.1) is 0 Å². The number of methoxy groups -OCH3 is 1. The Labute approximate surface area is 115 Å². The van der Waals surface area contributed by atoms with Crippen LogP contribution in [0.5, 0.6) is 5.75 Å². The van der Waals surface area contributed by atoms with Gasteiger partial charge in [0, 0.05) is 17.6 Å². The SMILES string of the molecule is CCC(CC1CC1)NC(C)c1c(F)cccc1OC. The van der Waals surface area contributed by atoms with Crippen molar-refractivity contribution in [2.24, 2.45) is 5.92 Å². The zero-order chi connectivity index (χ0) is 13.8. The molecule has 2 unspecified atom stereocenters. The molecule has 0 spiro atoms. The fourth-order valence-corrected chi connectivity index (χ4v) is 2.66. The van der Waals surface area contributed by atoms with Crippen molar-refractivity contribution in [2.45, 2.75) is 51.6 Å². The van der Waals surface area contributed by atoms with E-state index in [0.717, 1.165) is 12.3 Å². The minimum atomic E-state index is -0.194. The third-order valence-electron chi connectivity index (χ3n) is 3.96. The van der Waals surface area contributed by atoms with Gasteiger partial charge in [0.1, 0.15) is 11.6 Å². The van der Waals surface area contributed by atoms with Crippen molar-refractivity contribution in [1.29, 1.82) is 0 Å². The Balaban J connectivity index is 2.07. The molecule has 0 heterocycles. The molecule has 0 aliphatic heterocycles. The van der Waals surface area contributed by atoms with Gasteiger partial charge in [-0.3, -0.25) is 0 Å². The molecule has 0 saturated heterocycles. The topological polar surface area (TPSA) is 21.3 Å². The monoisotopic (exact) mass is 265 g/mol. The second kappa shape index (κ2) is 6.38. The molecule has 1 N–H and O–H groups in total. The van der Waals surface area contributed by atoms with E-state index in [0.29, 0.717) is 17.4 Å². The van der Waals surface area contributed by atoms with E-state index < -0.39 is 0 Å². The van der Waals surface area contributed by atoms with Crippen LogP contribution in [-0.2, 0) is 0 Å². The number of rotatable bonds is 7. The maximum Gasteiger partial charge on any atom is 0.131 e. The zero-order valence-electron chi connectivity index (χ0n) is 12.1. The quantitative estimate of drug-likeness (QED) is 0.802. The van der Waals surface area contributed by atoms with E-state index in [2.05, 4.69) is 12.2 Å². The zero-order valence-corrected chi connectivity index (χ0v) is 12.1. The minimum Gasteiger partial charge on any atom is -0.496 e. The second-order valence-corrected chi connectivity index (χ2v) is 5.53. The summed E-state index contributed by atoms with van der Waals surface area (Å²) in [7, 11) is 1.59. The maximum absolute atomic E-state index is 14.0. The first kappa shape index (κ1) is 14.3. The fourth-order valence-electron chi connectivity index (χ4n) is 2.66. The van der Waals surface area contributed by atoms with E-state index in [1.54, 1.807) is 13.2 Å². The third-order valence-corrected chi connectivity index (χ3v) is 3.96. The van der Waals surface area contributed by atoms with Gasteiger partial charge >= 0.3 is 0 Å². The van der Waals surface area contributed by atoms with E-state index in [4.69, 9.17) is 4.74 Å². The molecule has 1 aromatic carbocycles. The smallest absolute Gasteiger partial charge is 0.131 e. The van der Waals surface area contributed by atoms with Gasteiger partial charge in [-0.1, -0.05) is 25.8 Å². The summed E-state index contributed by atoms with van der Waals surface area (Å²) < 4.78 is 19.3.